The molecule has 2 rings (SSSR count). The van der Waals surface area contributed by atoms with Crippen LogP contribution >= 0.6 is 11.3 Å². The zero-order valence-corrected chi connectivity index (χ0v) is 15.1. The standard InChI is InChI=1S/C17H24N4OS/c1-11(2)9-14(17-19-12(3)10-23-17)20-16(22)13-7-6-8-18-15(13)21(4)5/h6-8,10-11,14H,9H2,1-5H3,(H,20,22). The summed E-state index contributed by atoms with van der Waals surface area (Å²) >= 11 is 1.60. The molecular formula is C17H24N4OS. The lowest BCUT2D eigenvalue weighted by atomic mass is 10.0. The quantitative estimate of drug-likeness (QED) is 0.880. The van der Waals surface area contributed by atoms with Crippen LogP contribution in [0.1, 0.15) is 47.4 Å². The van der Waals surface area contributed by atoms with E-state index in [1.54, 1.807) is 29.7 Å². The van der Waals surface area contributed by atoms with Crippen molar-refractivity contribution in [1.82, 2.24) is 15.3 Å². The summed E-state index contributed by atoms with van der Waals surface area (Å²) in [6.45, 7) is 6.27. The normalized spacial score (nSPS) is 12.3. The van der Waals surface area contributed by atoms with Crippen LogP contribution in [0, 0.1) is 12.8 Å². The Balaban J connectivity index is 2.24. The minimum atomic E-state index is -0.111. The highest BCUT2D eigenvalue weighted by molar-refractivity contribution is 7.09. The number of amides is 1. The first-order chi connectivity index (χ1) is 10.9. The zero-order valence-electron chi connectivity index (χ0n) is 14.3. The number of carbonyl (C=O) groups excluding carboxylic acids is 1. The fraction of sp³-hybridized carbons (Fsp3) is 0.471. The lowest BCUT2D eigenvalue weighted by Crippen LogP contribution is -2.31. The van der Waals surface area contributed by atoms with E-state index >= 15 is 0 Å². The van der Waals surface area contributed by atoms with Crippen LogP contribution in [-0.2, 0) is 0 Å². The molecule has 1 amide bonds. The number of nitrogens with zero attached hydrogens (tertiary/aromatic N) is 3. The van der Waals surface area contributed by atoms with Gasteiger partial charge >= 0.3 is 0 Å². The average molecular weight is 332 g/mol. The number of nitrogens with one attached hydrogen (secondary N) is 1. The summed E-state index contributed by atoms with van der Waals surface area (Å²) in [5, 5.41) is 6.11. The van der Waals surface area contributed by atoms with Crippen molar-refractivity contribution < 1.29 is 4.79 Å². The van der Waals surface area contributed by atoms with Crippen molar-refractivity contribution in [2.24, 2.45) is 5.92 Å². The van der Waals surface area contributed by atoms with E-state index in [4.69, 9.17) is 0 Å². The van der Waals surface area contributed by atoms with Gasteiger partial charge in [-0.2, -0.15) is 0 Å². The summed E-state index contributed by atoms with van der Waals surface area (Å²) in [5.41, 5.74) is 1.57. The second-order valence-corrected chi connectivity index (χ2v) is 7.14. The molecule has 0 aliphatic carbocycles. The highest BCUT2D eigenvalue weighted by Gasteiger charge is 2.22. The summed E-state index contributed by atoms with van der Waals surface area (Å²) in [4.78, 5) is 23.4. The van der Waals surface area contributed by atoms with Gasteiger partial charge in [-0.05, 0) is 31.4 Å². The number of hydrogen-bond donors (Lipinski definition) is 1. The third-order valence-electron chi connectivity index (χ3n) is 3.40. The van der Waals surface area contributed by atoms with Gasteiger partial charge in [0.15, 0.2) is 0 Å². The third kappa shape index (κ3) is 4.51. The number of pyridine rings is 1. The zero-order chi connectivity index (χ0) is 17.0. The van der Waals surface area contributed by atoms with Gasteiger partial charge in [-0.1, -0.05) is 13.8 Å². The fourth-order valence-corrected chi connectivity index (χ4v) is 3.25. The summed E-state index contributed by atoms with van der Waals surface area (Å²) in [7, 11) is 3.77. The third-order valence-corrected chi connectivity index (χ3v) is 4.48. The number of rotatable bonds is 6. The van der Waals surface area contributed by atoms with Crippen molar-refractivity contribution in [3.63, 3.8) is 0 Å². The van der Waals surface area contributed by atoms with Crippen LogP contribution in [0.3, 0.4) is 0 Å². The Kier molecular flexibility index (Phi) is 5.71. The molecule has 2 aromatic rings. The van der Waals surface area contributed by atoms with Crippen molar-refractivity contribution in [3.8, 4) is 0 Å². The molecular weight excluding hydrogens is 308 g/mol. The highest BCUT2D eigenvalue weighted by atomic mass is 32.1. The minimum absolute atomic E-state index is 0.0728. The minimum Gasteiger partial charge on any atom is -0.362 e. The Morgan fingerprint density at radius 3 is 2.70 bits per heavy atom. The Labute approximate surface area is 141 Å². The molecule has 0 aliphatic rings. The Morgan fingerprint density at radius 1 is 1.39 bits per heavy atom. The first-order valence-electron chi connectivity index (χ1n) is 7.73. The van der Waals surface area contributed by atoms with Crippen molar-refractivity contribution in [3.05, 3.63) is 40.0 Å². The van der Waals surface area contributed by atoms with Crippen LogP contribution in [0.25, 0.3) is 0 Å². The largest absolute Gasteiger partial charge is 0.362 e. The van der Waals surface area contributed by atoms with Crippen molar-refractivity contribution in [1.29, 1.82) is 0 Å². The number of aromatic nitrogens is 2. The predicted molar refractivity (Wildman–Crippen MR) is 95.1 cm³/mol. The molecule has 0 fully saturated rings. The van der Waals surface area contributed by atoms with E-state index in [9.17, 15) is 4.79 Å². The van der Waals surface area contributed by atoms with E-state index in [0.717, 1.165) is 17.1 Å². The van der Waals surface area contributed by atoms with Crippen molar-refractivity contribution >= 4 is 23.1 Å². The first-order valence-corrected chi connectivity index (χ1v) is 8.61. The molecule has 23 heavy (non-hydrogen) atoms. The maximum atomic E-state index is 12.7. The van der Waals surface area contributed by atoms with Crippen LogP contribution in [0.5, 0.6) is 0 Å². The predicted octanol–water partition coefficient (Wildman–Crippen LogP) is 3.43. The highest BCUT2D eigenvalue weighted by Crippen LogP contribution is 2.25. The van der Waals surface area contributed by atoms with Crippen molar-refractivity contribution in [2.75, 3.05) is 19.0 Å². The van der Waals surface area contributed by atoms with E-state index in [2.05, 4.69) is 29.1 Å². The van der Waals surface area contributed by atoms with Crippen LogP contribution in [0.4, 0.5) is 5.82 Å². The molecule has 1 atom stereocenters. The van der Waals surface area contributed by atoms with E-state index in [1.165, 1.54) is 0 Å². The molecule has 1 unspecified atom stereocenters. The van der Waals surface area contributed by atoms with E-state index in [0.29, 0.717) is 17.3 Å². The van der Waals surface area contributed by atoms with Crippen LogP contribution < -0.4 is 10.2 Å². The molecule has 0 radical (unpaired) electrons. The molecule has 124 valence electrons. The SMILES string of the molecule is Cc1csc(C(CC(C)C)NC(=O)c2cccnc2N(C)C)n1. The molecule has 2 aromatic heterocycles. The van der Waals surface area contributed by atoms with Gasteiger partial charge in [-0.25, -0.2) is 9.97 Å². The topological polar surface area (TPSA) is 58.1 Å². The lowest BCUT2D eigenvalue weighted by Gasteiger charge is -2.20. The summed E-state index contributed by atoms with van der Waals surface area (Å²) < 4.78 is 0. The summed E-state index contributed by atoms with van der Waals surface area (Å²) in [6, 6.07) is 3.51. The molecule has 6 heteroatoms. The molecule has 0 spiro atoms. The number of thiazole rings is 1. The molecule has 2 heterocycles. The fourth-order valence-electron chi connectivity index (χ4n) is 2.39. The Bertz CT molecular complexity index is 666. The number of anilines is 1. The van der Waals surface area contributed by atoms with Gasteiger partial charge in [0.25, 0.3) is 5.91 Å². The number of carbonyl (C=O) groups is 1. The van der Waals surface area contributed by atoms with Gasteiger partial charge < -0.3 is 10.2 Å². The number of hydrogen-bond acceptors (Lipinski definition) is 5. The molecule has 0 saturated carbocycles. The van der Waals surface area contributed by atoms with Gasteiger partial charge in [0.05, 0.1) is 11.6 Å². The van der Waals surface area contributed by atoms with Gasteiger partial charge in [-0.15, -0.1) is 11.3 Å². The lowest BCUT2D eigenvalue weighted by molar-refractivity contribution is 0.0932. The average Bonchev–Trinajstić information content (AvgIpc) is 2.92. The van der Waals surface area contributed by atoms with Crippen LogP contribution in [-0.4, -0.2) is 30.0 Å². The van der Waals surface area contributed by atoms with E-state index in [1.807, 2.05) is 31.3 Å². The molecule has 5 nitrogen and oxygen atoms in total. The monoisotopic (exact) mass is 332 g/mol. The van der Waals surface area contributed by atoms with Gasteiger partial charge in [0, 0.05) is 31.4 Å². The second kappa shape index (κ2) is 7.55. The van der Waals surface area contributed by atoms with Crippen LogP contribution in [0.2, 0.25) is 0 Å². The summed E-state index contributed by atoms with van der Waals surface area (Å²) in [5.74, 6) is 1.02. The molecule has 0 aromatic carbocycles. The van der Waals surface area contributed by atoms with E-state index < -0.39 is 0 Å². The Hall–Kier alpha value is -1.95. The summed E-state index contributed by atoms with van der Waals surface area (Å²) in [6.07, 6.45) is 2.55. The number of aryl methyl sites for hydroxylation is 1. The maximum Gasteiger partial charge on any atom is 0.255 e. The van der Waals surface area contributed by atoms with Gasteiger partial charge in [0.1, 0.15) is 10.8 Å². The molecule has 0 bridgehead atoms. The van der Waals surface area contributed by atoms with Crippen molar-refractivity contribution in [2.45, 2.75) is 33.2 Å². The molecule has 1 N–H and O–H groups in total. The first kappa shape index (κ1) is 17.4. The van der Waals surface area contributed by atoms with Gasteiger partial charge in [-0.3, -0.25) is 4.79 Å². The van der Waals surface area contributed by atoms with Crippen LogP contribution in [0.15, 0.2) is 23.7 Å². The van der Waals surface area contributed by atoms with E-state index in [-0.39, 0.29) is 11.9 Å². The molecule has 0 aliphatic heterocycles. The van der Waals surface area contributed by atoms with Gasteiger partial charge in [0.2, 0.25) is 0 Å². The maximum absolute atomic E-state index is 12.7. The Morgan fingerprint density at radius 2 is 2.13 bits per heavy atom. The molecule has 0 saturated heterocycles. The smallest absolute Gasteiger partial charge is 0.255 e. The second-order valence-electron chi connectivity index (χ2n) is 6.25.